The average Bonchev–Trinajstić information content (AvgIpc) is 2.80. The van der Waals surface area contributed by atoms with E-state index < -0.39 is 10.9 Å². The summed E-state index contributed by atoms with van der Waals surface area (Å²) in [5, 5.41) is 20.1. The highest BCUT2D eigenvalue weighted by Crippen LogP contribution is 2.23. The zero-order valence-corrected chi connectivity index (χ0v) is 18.0. The minimum atomic E-state index is -0.434. The van der Waals surface area contributed by atoms with Crippen molar-refractivity contribution in [2.45, 2.75) is 18.9 Å². The number of nitro groups is 1. The number of thioether (sulfide) groups is 1. The first-order valence-electron chi connectivity index (χ1n) is 9.19. The number of hydrogen-bond donors (Lipinski definition) is 0. The molecule has 2 aromatic heterocycles. The number of carbonyl (C=O) groups is 1. The summed E-state index contributed by atoms with van der Waals surface area (Å²) < 4.78 is 4.89. The van der Waals surface area contributed by atoms with E-state index in [0.29, 0.717) is 28.3 Å². The smallest absolute Gasteiger partial charge is 0.340 e. The van der Waals surface area contributed by atoms with Crippen LogP contribution >= 0.6 is 11.8 Å². The van der Waals surface area contributed by atoms with Gasteiger partial charge in [0.05, 0.1) is 28.4 Å². The molecule has 0 fully saturated rings. The third-order valence-corrected chi connectivity index (χ3v) is 4.84. The second-order valence-corrected chi connectivity index (χ2v) is 6.83. The van der Waals surface area contributed by atoms with E-state index in [1.54, 1.807) is 32.2 Å². The van der Waals surface area contributed by atoms with Gasteiger partial charge in [-0.25, -0.2) is 9.78 Å². The van der Waals surface area contributed by atoms with Crippen molar-refractivity contribution >= 4 is 23.4 Å². The molecule has 0 saturated carbocycles. The molecule has 0 N–H and O–H groups in total. The largest absolute Gasteiger partial charge is 0.462 e. The van der Waals surface area contributed by atoms with Crippen LogP contribution in [0.4, 0.5) is 5.69 Å². The number of nitriles is 1. The van der Waals surface area contributed by atoms with Crippen molar-refractivity contribution in [3.05, 3.63) is 81.7 Å². The molecule has 0 aliphatic heterocycles. The maximum atomic E-state index is 11.6. The van der Waals surface area contributed by atoms with Gasteiger partial charge >= 0.3 is 5.97 Å². The molecular formula is C22H20N4O4S. The Morgan fingerprint density at radius 2 is 1.94 bits per heavy atom. The molecule has 0 radical (unpaired) electrons. The van der Waals surface area contributed by atoms with Gasteiger partial charge in [-0.2, -0.15) is 5.26 Å². The molecule has 0 amide bonds. The Labute approximate surface area is 184 Å². The van der Waals surface area contributed by atoms with Crippen molar-refractivity contribution in [3.8, 4) is 17.3 Å². The number of nitro benzene ring substituents is 1. The molecule has 1 aromatic carbocycles. The number of rotatable bonds is 5. The number of aromatic nitrogens is 2. The summed E-state index contributed by atoms with van der Waals surface area (Å²) in [4.78, 5) is 29.8. The number of non-ortho nitro benzene ring substituents is 1. The number of ether oxygens (including phenoxy) is 1. The van der Waals surface area contributed by atoms with Crippen molar-refractivity contribution in [1.29, 1.82) is 5.26 Å². The Kier molecular flexibility index (Phi) is 8.66. The van der Waals surface area contributed by atoms with E-state index in [2.05, 4.69) is 16.0 Å². The lowest BCUT2D eigenvalue weighted by molar-refractivity contribution is -0.384. The maximum absolute atomic E-state index is 11.6. The topological polar surface area (TPSA) is 119 Å². The van der Waals surface area contributed by atoms with Gasteiger partial charge in [0.25, 0.3) is 5.69 Å². The van der Waals surface area contributed by atoms with Gasteiger partial charge in [-0.3, -0.25) is 15.1 Å². The Bertz CT molecular complexity index is 1100. The predicted molar refractivity (Wildman–Crippen MR) is 118 cm³/mol. The monoisotopic (exact) mass is 436 g/mol. The molecule has 3 rings (SSSR count). The van der Waals surface area contributed by atoms with Crippen LogP contribution in [0.5, 0.6) is 0 Å². The van der Waals surface area contributed by atoms with Crippen LogP contribution in [-0.4, -0.2) is 33.7 Å². The molecule has 158 valence electrons. The standard InChI is InChI=1S/C11H12N2O2S.C11H8N2O2/c1-4-15-11(14)9-6-13-10(16-3)8(5-12)7(9)2;14-13(15)10-6-4-9(5-7-10)11-3-1-2-8-12-11/h6H,4H2,1-3H3;1-8H. The van der Waals surface area contributed by atoms with E-state index in [-0.39, 0.29) is 5.69 Å². The number of hydrogen-bond acceptors (Lipinski definition) is 8. The summed E-state index contributed by atoms with van der Waals surface area (Å²) in [7, 11) is 0. The molecule has 2 heterocycles. The van der Waals surface area contributed by atoms with Gasteiger partial charge in [0.1, 0.15) is 11.1 Å². The summed E-state index contributed by atoms with van der Waals surface area (Å²) in [5.74, 6) is -0.434. The van der Waals surface area contributed by atoms with Crippen LogP contribution in [0.25, 0.3) is 11.3 Å². The zero-order chi connectivity index (χ0) is 22.8. The van der Waals surface area contributed by atoms with E-state index in [9.17, 15) is 14.9 Å². The van der Waals surface area contributed by atoms with Gasteiger partial charge < -0.3 is 4.74 Å². The quantitative estimate of drug-likeness (QED) is 0.242. The van der Waals surface area contributed by atoms with Crippen LogP contribution in [0, 0.1) is 28.4 Å². The third-order valence-electron chi connectivity index (χ3n) is 4.14. The lowest BCUT2D eigenvalue weighted by Crippen LogP contribution is -2.09. The Hall–Kier alpha value is -3.77. The predicted octanol–water partition coefficient (Wildman–Crippen LogP) is 4.82. The first kappa shape index (κ1) is 23.5. The summed E-state index contributed by atoms with van der Waals surface area (Å²) in [5.41, 5.74) is 3.21. The van der Waals surface area contributed by atoms with Crippen molar-refractivity contribution in [3.63, 3.8) is 0 Å². The second kappa shape index (κ2) is 11.4. The van der Waals surface area contributed by atoms with Gasteiger partial charge in [0, 0.05) is 30.1 Å². The number of benzene rings is 1. The molecule has 0 bridgehead atoms. The molecule has 31 heavy (non-hydrogen) atoms. The van der Waals surface area contributed by atoms with Crippen LogP contribution < -0.4 is 0 Å². The number of carbonyl (C=O) groups excluding carboxylic acids is 1. The molecule has 0 aliphatic carbocycles. The lowest BCUT2D eigenvalue weighted by Gasteiger charge is -2.08. The van der Waals surface area contributed by atoms with Crippen molar-refractivity contribution in [2.24, 2.45) is 0 Å². The highest BCUT2D eigenvalue weighted by Gasteiger charge is 2.16. The lowest BCUT2D eigenvalue weighted by atomic mass is 10.1. The molecule has 0 spiro atoms. The van der Waals surface area contributed by atoms with Crippen molar-refractivity contribution in [1.82, 2.24) is 9.97 Å². The second-order valence-electron chi connectivity index (χ2n) is 6.03. The summed E-state index contributed by atoms with van der Waals surface area (Å²) >= 11 is 1.38. The Morgan fingerprint density at radius 3 is 2.45 bits per heavy atom. The normalized spacial score (nSPS) is 9.74. The SMILES string of the molecule is CCOC(=O)c1cnc(SC)c(C#N)c1C.O=[N+]([O-])c1ccc(-c2ccccn2)cc1. The molecule has 3 aromatic rings. The van der Waals surface area contributed by atoms with Crippen LogP contribution in [0.15, 0.2) is 59.9 Å². The number of pyridine rings is 2. The molecular weight excluding hydrogens is 416 g/mol. The summed E-state index contributed by atoms with van der Waals surface area (Å²) in [6.45, 7) is 3.78. The molecule has 0 unspecified atom stereocenters. The average molecular weight is 436 g/mol. The summed E-state index contributed by atoms with van der Waals surface area (Å²) in [6, 6.07) is 14.0. The molecule has 0 saturated heterocycles. The first-order chi connectivity index (χ1) is 14.9. The van der Waals surface area contributed by atoms with Crippen LogP contribution in [0.1, 0.15) is 28.4 Å². The molecule has 9 heteroatoms. The van der Waals surface area contributed by atoms with Gasteiger partial charge in [-0.15, -0.1) is 11.8 Å². The highest BCUT2D eigenvalue weighted by atomic mass is 32.2. The van der Waals surface area contributed by atoms with Gasteiger partial charge in [0.15, 0.2) is 0 Å². The Balaban J connectivity index is 0.000000220. The van der Waals surface area contributed by atoms with Gasteiger partial charge in [-0.1, -0.05) is 6.07 Å². The fourth-order valence-electron chi connectivity index (χ4n) is 2.57. The fraction of sp³-hybridized carbons (Fsp3) is 0.182. The first-order valence-corrected chi connectivity index (χ1v) is 10.4. The van der Waals surface area contributed by atoms with Crippen LogP contribution in [0.3, 0.4) is 0 Å². The third kappa shape index (κ3) is 6.10. The van der Waals surface area contributed by atoms with Gasteiger partial charge in [-0.05, 0) is 49.9 Å². The minimum absolute atomic E-state index is 0.0923. The minimum Gasteiger partial charge on any atom is -0.462 e. The van der Waals surface area contributed by atoms with Crippen molar-refractivity contribution in [2.75, 3.05) is 12.9 Å². The van der Waals surface area contributed by atoms with E-state index in [4.69, 9.17) is 10.00 Å². The van der Waals surface area contributed by atoms with E-state index in [0.717, 1.165) is 11.3 Å². The number of esters is 1. The highest BCUT2D eigenvalue weighted by molar-refractivity contribution is 7.98. The van der Waals surface area contributed by atoms with Crippen LogP contribution in [0.2, 0.25) is 0 Å². The number of nitrogens with zero attached hydrogens (tertiary/aromatic N) is 4. The summed E-state index contributed by atoms with van der Waals surface area (Å²) in [6.07, 6.45) is 4.99. The fourth-order valence-corrected chi connectivity index (χ4v) is 3.13. The van der Waals surface area contributed by atoms with E-state index >= 15 is 0 Å². The molecule has 0 atom stereocenters. The molecule has 0 aliphatic rings. The zero-order valence-electron chi connectivity index (χ0n) is 17.2. The van der Waals surface area contributed by atoms with E-state index in [1.165, 1.54) is 30.1 Å². The Morgan fingerprint density at radius 1 is 1.23 bits per heavy atom. The maximum Gasteiger partial charge on any atom is 0.340 e. The van der Waals surface area contributed by atoms with E-state index in [1.807, 2.05) is 24.5 Å². The van der Waals surface area contributed by atoms with Crippen LogP contribution in [-0.2, 0) is 4.74 Å². The molecule has 8 nitrogen and oxygen atoms in total. The van der Waals surface area contributed by atoms with Gasteiger partial charge in [0.2, 0.25) is 0 Å². The van der Waals surface area contributed by atoms with Crippen molar-refractivity contribution < 1.29 is 14.5 Å².